The van der Waals surface area contributed by atoms with Crippen molar-refractivity contribution in [3.63, 3.8) is 0 Å². The first kappa shape index (κ1) is 7.17. The van der Waals surface area contributed by atoms with Gasteiger partial charge in [0.25, 0.3) is 0 Å². The smallest absolute Gasteiger partial charge is 0.0950 e. The Morgan fingerprint density at radius 2 is 2.45 bits per heavy atom. The maximum absolute atomic E-state index is 5.65. The zero-order chi connectivity index (χ0) is 7.68. The lowest BCUT2D eigenvalue weighted by atomic mass is 10.3. The van der Waals surface area contributed by atoms with Gasteiger partial charge in [0.1, 0.15) is 0 Å². The molecule has 1 aliphatic rings. The Bertz CT molecular complexity index is 240. The lowest BCUT2D eigenvalue weighted by molar-refractivity contribution is 0.700. The number of alkyl halides is 1. The van der Waals surface area contributed by atoms with E-state index in [1.165, 1.54) is 18.5 Å². The molecule has 0 spiro atoms. The molecule has 60 valence electrons. The molecule has 0 N–H and O–H groups in total. The summed E-state index contributed by atoms with van der Waals surface area (Å²) < 4.78 is 2.25. The summed E-state index contributed by atoms with van der Waals surface area (Å²) in [6.07, 6.45) is 7.40. The number of nitrogens with zero attached hydrogens (tertiary/aromatic N) is 2. The third-order valence-electron chi connectivity index (χ3n) is 2.04. The van der Waals surface area contributed by atoms with Crippen molar-refractivity contribution in [1.29, 1.82) is 0 Å². The summed E-state index contributed by atoms with van der Waals surface area (Å²) in [4.78, 5) is 4.11. The van der Waals surface area contributed by atoms with Gasteiger partial charge in [0.2, 0.25) is 0 Å². The van der Waals surface area contributed by atoms with E-state index in [2.05, 4.69) is 9.55 Å². The van der Waals surface area contributed by atoms with E-state index < -0.39 is 0 Å². The molecule has 0 aliphatic heterocycles. The fraction of sp³-hybridized carbons (Fsp3) is 0.625. The summed E-state index contributed by atoms with van der Waals surface area (Å²) in [7, 11) is 0. The van der Waals surface area contributed by atoms with E-state index in [0.717, 1.165) is 12.5 Å². The second kappa shape index (κ2) is 2.86. The largest absolute Gasteiger partial charge is 0.332 e. The lowest BCUT2D eigenvalue weighted by Crippen LogP contribution is -1.99. The van der Waals surface area contributed by atoms with Crippen LogP contribution in [0.1, 0.15) is 24.6 Å². The quantitative estimate of drug-likeness (QED) is 0.635. The van der Waals surface area contributed by atoms with Gasteiger partial charge in [-0.15, -0.1) is 11.6 Å². The highest BCUT2D eigenvalue weighted by Gasteiger charge is 2.24. The number of rotatable bonds is 3. The van der Waals surface area contributed by atoms with Gasteiger partial charge in [0.15, 0.2) is 0 Å². The number of imidazole rings is 1. The van der Waals surface area contributed by atoms with E-state index in [1.807, 2.05) is 12.5 Å². The number of hydrogen-bond donors (Lipinski definition) is 0. The molecule has 0 atom stereocenters. The highest BCUT2D eigenvalue weighted by atomic mass is 35.5. The number of halogens is 1. The Balaban J connectivity index is 2.16. The molecule has 11 heavy (non-hydrogen) atoms. The van der Waals surface area contributed by atoms with Crippen molar-refractivity contribution in [1.82, 2.24) is 9.55 Å². The fourth-order valence-electron chi connectivity index (χ4n) is 1.30. The third-order valence-corrected chi connectivity index (χ3v) is 2.23. The molecule has 1 aromatic rings. The van der Waals surface area contributed by atoms with Crippen LogP contribution in [0.4, 0.5) is 0 Å². The normalized spacial score (nSPS) is 17.2. The molecule has 0 unspecified atom stereocenters. The van der Waals surface area contributed by atoms with Crippen molar-refractivity contribution >= 4 is 11.6 Å². The molecule has 1 heterocycles. The Kier molecular flexibility index (Phi) is 1.86. The van der Waals surface area contributed by atoms with E-state index in [0.29, 0.717) is 5.88 Å². The summed E-state index contributed by atoms with van der Waals surface area (Å²) >= 11 is 5.65. The van der Waals surface area contributed by atoms with Gasteiger partial charge in [-0.2, -0.15) is 0 Å². The molecule has 1 aromatic heterocycles. The SMILES string of the molecule is ClCCc1cncn1C1CC1. The van der Waals surface area contributed by atoms with Gasteiger partial charge in [-0.3, -0.25) is 0 Å². The Labute approximate surface area is 71.2 Å². The highest BCUT2D eigenvalue weighted by Crippen LogP contribution is 2.35. The van der Waals surface area contributed by atoms with E-state index >= 15 is 0 Å². The van der Waals surface area contributed by atoms with Crippen molar-refractivity contribution in [3.05, 3.63) is 18.2 Å². The maximum atomic E-state index is 5.65. The minimum absolute atomic E-state index is 0.693. The Morgan fingerprint density at radius 3 is 3.09 bits per heavy atom. The molecule has 2 nitrogen and oxygen atoms in total. The molecule has 1 saturated carbocycles. The lowest BCUT2D eigenvalue weighted by Gasteiger charge is -2.02. The van der Waals surface area contributed by atoms with Gasteiger partial charge >= 0.3 is 0 Å². The van der Waals surface area contributed by atoms with E-state index in [1.54, 1.807) is 0 Å². The summed E-state index contributed by atoms with van der Waals surface area (Å²) in [5, 5.41) is 0. The Morgan fingerprint density at radius 1 is 1.64 bits per heavy atom. The van der Waals surface area contributed by atoms with Crippen LogP contribution in [0.5, 0.6) is 0 Å². The third kappa shape index (κ3) is 1.41. The van der Waals surface area contributed by atoms with Crippen LogP contribution in [-0.4, -0.2) is 15.4 Å². The summed E-state index contributed by atoms with van der Waals surface area (Å²) in [6, 6.07) is 0.732. The molecule has 0 radical (unpaired) electrons. The van der Waals surface area contributed by atoms with E-state index in [9.17, 15) is 0 Å². The van der Waals surface area contributed by atoms with Crippen LogP contribution in [0.2, 0.25) is 0 Å². The van der Waals surface area contributed by atoms with E-state index in [4.69, 9.17) is 11.6 Å². The molecular weight excluding hydrogens is 160 g/mol. The molecule has 1 aliphatic carbocycles. The number of aryl methyl sites for hydroxylation is 1. The van der Waals surface area contributed by atoms with Crippen molar-refractivity contribution in [2.45, 2.75) is 25.3 Å². The average Bonchev–Trinajstić information content (AvgIpc) is 2.75. The molecule has 0 saturated heterocycles. The molecule has 0 amide bonds. The van der Waals surface area contributed by atoms with Crippen LogP contribution in [0.15, 0.2) is 12.5 Å². The van der Waals surface area contributed by atoms with Gasteiger partial charge in [-0.1, -0.05) is 0 Å². The summed E-state index contributed by atoms with van der Waals surface area (Å²) in [5.74, 6) is 0.693. The predicted octanol–water partition coefficient (Wildman–Crippen LogP) is 2.00. The van der Waals surface area contributed by atoms with Crippen LogP contribution >= 0.6 is 11.6 Å². The van der Waals surface area contributed by atoms with Gasteiger partial charge in [0.05, 0.1) is 6.33 Å². The summed E-state index contributed by atoms with van der Waals surface area (Å²) in [6.45, 7) is 0. The molecular formula is C8H11ClN2. The monoisotopic (exact) mass is 170 g/mol. The highest BCUT2D eigenvalue weighted by molar-refractivity contribution is 6.17. The van der Waals surface area contributed by atoms with Gasteiger partial charge in [-0.25, -0.2) is 4.98 Å². The van der Waals surface area contributed by atoms with Crippen molar-refractivity contribution in [2.75, 3.05) is 5.88 Å². The average molecular weight is 171 g/mol. The second-order valence-electron chi connectivity index (χ2n) is 2.96. The van der Waals surface area contributed by atoms with Crippen molar-refractivity contribution in [3.8, 4) is 0 Å². The zero-order valence-corrected chi connectivity index (χ0v) is 7.09. The number of hydrogen-bond acceptors (Lipinski definition) is 1. The van der Waals surface area contributed by atoms with Gasteiger partial charge in [-0.05, 0) is 12.8 Å². The van der Waals surface area contributed by atoms with Crippen molar-refractivity contribution < 1.29 is 0 Å². The van der Waals surface area contributed by atoms with Gasteiger partial charge < -0.3 is 4.57 Å². The first-order valence-corrected chi connectivity index (χ1v) is 4.52. The fourth-order valence-corrected chi connectivity index (χ4v) is 1.50. The summed E-state index contributed by atoms with van der Waals surface area (Å²) in [5.41, 5.74) is 1.28. The molecule has 2 rings (SSSR count). The van der Waals surface area contributed by atoms with Crippen LogP contribution < -0.4 is 0 Å². The first-order valence-electron chi connectivity index (χ1n) is 3.98. The molecule has 3 heteroatoms. The zero-order valence-electron chi connectivity index (χ0n) is 6.33. The number of aromatic nitrogens is 2. The van der Waals surface area contributed by atoms with Crippen LogP contribution in [0.25, 0.3) is 0 Å². The van der Waals surface area contributed by atoms with E-state index in [-0.39, 0.29) is 0 Å². The predicted molar refractivity (Wildman–Crippen MR) is 44.9 cm³/mol. The Hall–Kier alpha value is -0.500. The standard InChI is InChI=1S/C8H11ClN2/c9-4-3-8-5-10-6-11(8)7-1-2-7/h5-7H,1-4H2. The topological polar surface area (TPSA) is 17.8 Å². The van der Waals surface area contributed by atoms with Gasteiger partial charge in [0, 0.05) is 30.2 Å². The van der Waals surface area contributed by atoms with Crippen molar-refractivity contribution in [2.24, 2.45) is 0 Å². The minimum atomic E-state index is 0.693. The molecule has 1 fully saturated rings. The van der Waals surface area contributed by atoms with Crippen LogP contribution in [0.3, 0.4) is 0 Å². The second-order valence-corrected chi connectivity index (χ2v) is 3.34. The minimum Gasteiger partial charge on any atom is -0.332 e. The first-order chi connectivity index (χ1) is 5.42. The van der Waals surface area contributed by atoms with Crippen LogP contribution in [0, 0.1) is 0 Å². The molecule has 0 aromatic carbocycles. The van der Waals surface area contributed by atoms with Crippen LogP contribution in [-0.2, 0) is 6.42 Å². The molecule has 0 bridgehead atoms. The maximum Gasteiger partial charge on any atom is 0.0950 e.